The van der Waals surface area contributed by atoms with Crippen molar-refractivity contribution in [2.75, 3.05) is 0 Å². The van der Waals surface area contributed by atoms with Crippen LogP contribution < -0.4 is 0 Å². The summed E-state index contributed by atoms with van der Waals surface area (Å²) in [5.41, 5.74) is 0.215. The van der Waals surface area contributed by atoms with Gasteiger partial charge in [0.2, 0.25) is 0 Å². The monoisotopic (exact) mass is 382 g/mol. The number of carboxylic acids is 1. The molecule has 0 aliphatic rings. The van der Waals surface area contributed by atoms with E-state index in [1.807, 2.05) is 0 Å². The molecule has 0 saturated heterocycles. The molecule has 27 heavy (non-hydrogen) atoms. The molecule has 2 atom stereocenters. The van der Waals surface area contributed by atoms with Crippen molar-refractivity contribution >= 4 is 5.97 Å². The largest absolute Gasteiger partial charge is 0.481 e. The highest BCUT2D eigenvalue weighted by atomic mass is 16.4. The van der Waals surface area contributed by atoms with Crippen molar-refractivity contribution in [3.8, 4) is 0 Å². The van der Waals surface area contributed by atoms with Crippen LogP contribution in [0.5, 0.6) is 0 Å². The fourth-order valence-electron chi connectivity index (χ4n) is 4.37. The summed E-state index contributed by atoms with van der Waals surface area (Å²) in [6, 6.07) is 0. The van der Waals surface area contributed by atoms with Crippen molar-refractivity contribution in [2.45, 2.75) is 143 Å². The first-order chi connectivity index (χ1) is 13.0. The zero-order chi connectivity index (χ0) is 20.4. The van der Waals surface area contributed by atoms with Crippen LogP contribution in [0.3, 0.4) is 0 Å². The van der Waals surface area contributed by atoms with Gasteiger partial charge in [0.1, 0.15) is 0 Å². The van der Waals surface area contributed by atoms with Gasteiger partial charge in [0.25, 0.3) is 0 Å². The van der Waals surface area contributed by atoms with Gasteiger partial charge in [-0.2, -0.15) is 0 Å². The fourth-order valence-corrected chi connectivity index (χ4v) is 4.37. The molecule has 0 amide bonds. The minimum Gasteiger partial charge on any atom is -0.481 e. The molecular weight excluding hydrogens is 332 g/mol. The summed E-state index contributed by atoms with van der Waals surface area (Å²) in [6.45, 7) is 9.11. The van der Waals surface area contributed by atoms with Crippen LogP contribution in [-0.2, 0) is 4.79 Å². The van der Waals surface area contributed by atoms with Gasteiger partial charge in [-0.05, 0) is 31.1 Å². The molecule has 2 unspecified atom stereocenters. The number of hydrogen-bond donors (Lipinski definition) is 1. The molecule has 0 aliphatic heterocycles. The van der Waals surface area contributed by atoms with Gasteiger partial charge >= 0.3 is 5.97 Å². The van der Waals surface area contributed by atoms with Crippen molar-refractivity contribution in [2.24, 2.45) is 11.3 Å². The van der Waals surface area contributed by atoms with Crippen LogP contribution in [0.1, 0.15) is 143 Å². The lowest BCUT2D eigenvalue weighted by Gasteiger charge is -2.33. The maximum atomic E-state index is 11.9. The van der Waals surface area contributed by atoms with E-state index < -0.39 is 5.97 Å². The van der Waals surface area contributed by atoms with Crippen molar-refractivity contribution in [1.82, 2.24) is 0 Å². The average molecular weight is 383 g/mol. The topological polar surface area (TPSA) is 37.3 Å². The van der Waals surface area contributed by atoms with E-state index in [9.17, 15) is 9.90 Å². The lowest BCUT2D eigenvalue weighted by molar-refractivity contribution is -0.143. The highest BCUT2D eigenvalue weighted by Crippen LogP contribution is 2.39. The molecule has 0 spiro atoms. The van der Waals surface area contributed by atoms with Crippen LogP contribution >= 0.6 is 0 Å². The van der Waals surface area contributed by atoms with Gasteiger partial charge in [-0.1, -0.05) is 118 Å². The fraction of sp³-hybridized carbons (Fsp3) is 0.960. The van der Waals surface area contributed by atoms with E-state index in [4.69, 9.17) is 0 Å². The predicted octanol–water partition coefficient (Wildman–Crippen LogP) is 8.78. The minimum atomic E-state index is -0.561. The van der Waals surface area contributed by atoms with Crippen molar-refractivity contribution in [1.29, 1.82) is 0 Å². The maximum Gasteiger partial charge on any atom is 0.306 e. The molecule has 0 aromatic heterocycles. The Morgan fingerprint density at radius 3 is 1.59 bits per heavy atom. The second-order valence-corrected chi connectivity index (χ2v) is 9.23. The summed E-state index contributed by atoms with van der Waals surface area (Å²) >= 11 is 0. The molecule has 0 aromatic rings. The van der Waals surface area contributed by atoms with Crippen LogP contribution in [0, 0.1) is 11.3 Å². The summed E-state index contributed by atoms with van der Waals surface area (Å²) < 4.78 is 0. The quantitative estimate of drug-likeness (QED) is 0.214. The summed E-state index contributed by atoms with van der Waals surface area (Å²) in [5, 5.41) is 9.77. The van der Waals surface area contributed by atoms with Gasteiger partial charge < -0.3 is 5.11 Å². The van der Waals surface area contributed by atoms with E-state index >= 15 is 0 Å². The van der Waals surface area contributed by atoms with Gasteiger partial charge in [-0.3, -0.25) is 4.79 Å². The first-order valence-electron chi connectivity index (χ1n) is 12.2. The molecule has 0 aliphatic carbocycles. The van der Waals surface area contributed by atoms with E-state index in [0.29, 0.717) is 0 Å². The zero-order valence-corrected chi connectivity index (χ0v) is 19.2. The third kappa shape index (κ3) is 15.1. The normalized spacial score (nSPS) is 14.8. The molecule has 0 heterocycles. The molecule has 0 aromatic carbocycles. The Labute approximate surface area is 170 Å². The number of unbranched alkanes of at least 4 members (excludes halogenated alkanes) is 11. The second kappa shape index (κ2) is 17.6. The van der Waals surface area contributed by atoms with Crippen LogP contribution in [0.25, 0.3) is 0 Å². The van der Waals surface area contributed by atoms with Crippen molar-refractivity contribution in [3.63, 3.8) is 0 Å². The van der Waals surface area contributed by atoms with E-state index in [2.05, 4.69) is 27.7 Å². The van der Waals surface area contributed by atoms with E-state index in [-0.39, 0.29) is 11.3 Å². The standard InChI is InChI=1S/C25H50O2/c1-5-8-11-14-15-18-21-25(4,20-17-13-10-7-3)22-23(24(26)27)19-16-12-9-6-2/h23H,5-22H2,1-4H3,(H,26,27). The van der Waals surface area contributed by atoms with Gasteiger partial charge in [0, 0.05) is 0 Å². The predicted molar refractivity (Wildman–Crippen MR) is 119 cm³/mol. The third-order valence-electron chi connectivity index (χ3n) is 6.26. The SMILES string of the molecule is CCCCCCCCC(C)(CCCCCC)CC(CCCCCC)C(=O)O. The molecule has 0 saturated carbocycles. The van der Waals surface area contributed by atoms with Gasteiger partial charge in [-0.15, -0.1) is 0 Å². The summed E-state index contributed by atoms with van der Waals surface area (Å²) in [6.07, 6.45) is 22.0. The van der Waals surface area contributed by atoms with E-state index in [1.54, 1.807) is 0 Å². The summed E-state index contributed by atoms with van der Waals surface area (Å²) in [5.74, 6) is -0.702. The van der Waals surface area contributed by atoms with Crippen LogP contribution in [-0.4, -0.2) is 11.1 Å². The first-order valence-corrected chi connectivity index (χ1v) is 12.2. The molecule has 0 fully saturated rings. The lowest BCUT2D eigenvalue weighted by atomic mass is 9.72. The van der Waals surface area contributed by atoms with Crippen molar-refractivity contribution < 1.29 is 9.90 Å². The van der Waals surface area contributed by atoms with Crippen molar-refractivity contribution in [3.05, 3.63) is 0 Å². The zero-order valence-electron chi connectivity index (χ0n) is 19.2. The molecule has 2 nitrogen and oxygen atoms in total. The first kappa shape index (κ1) is 26.5. The number of aliphatic carboxylic acids is 1. The summed E-state index contributed by atoms with van der Waals surface area (Å²) in [4.78, 5) is 11.9. The molecule has 0 bridgehead atoms. The highest BCUT2D eigenvalue weighted by Gasteiger charge is 2.30. The lowest BCUT2D eigenvalue weighted by Crippen LogP contribution is -2.26. The Bertz CT molecular complexity index is 339. The maximum absolute atomic E-state index is 11.9. The Morgan fingerprint density at radius 2 is 1.11 bits per heavy atom. The minimum absolute atomic E-state index is 0.141. The number of hydrogen-bond acceptors (Lipinski definition) is 1. The van der Waals surface area contributed by atoms with Gasteiger partial charge in [-0.25, -0.2) is 0 Å². The molecule has 1 N–H and O–H groups in total. The molecule has 0 radical (unpaired) electrons. The second-order valence-electron chi connectivity index (χ2n) is 9.23. The van der Waals surface area contributed by atoms with E-state index in [1.165, 1.54) is 96.3 Å². The molecule has 2 heteroatoms. The average Bonchev–Trinajstić information content (AvgIpc) is 2.64. The molecule has 0 rings (SSSR count). The molecule has 162 valence electrons. The van der Waals surface area contributed by atoms with Gasteiger partial charge in [0.15, 0.2) is 0 Å². The van der Waals surface area contributed by atoms with Crippen LogP contribution in [0.15, 0.2) is 0 Å². The van der Waals surface area contributed by atoms with Gasteiger partial charge in [0.05, 0.1) is 5.92 Å². The number of carbonyl (C=O) groups is 1. The number of rotatable bonds is 20. The Kier molecular flexibility index (Phi) is 17.2. The van der Waals surface area contributed by atoms with E-state index in [0.717, 1.165) is 19.3 Å². The Balaban J connectivity index is 4.58. The smallest absolute Gasteiger partial charge is 0.306 e. The third-order valence-corrected chi connectivity index (χ3v) is 6.26. The van der Waals surface area contributed by atoms with Crippen LogP contribution in [0.2, 0.25) is 0 Å². The Hall–Kier alpha value is -0.530. The molecular formula is C25H50O2. The summed E-state index contributed by atoms with van der Waals surface area (Å²) in [7, 11) is 0. The highest BCUT2D eigenvalue weighted by molar-refractivity contribution is 5.69. The van der Waals surface area contributed by atoms with Crippen LogP contribution in [0.4, 0.5) is 0 Å². The number of carboxylic acid groups (broad SMARTS) is 1. The Morgan fingerprint density at radius 1 is 0.704 bits per heavy atom.